The van der Waals surface area contributed by atoms with Crippen molar-refractivity contribution >= 4 is 11.6 Å². The van der Waals surface area contributed by atoms with Crippen molar-refractivity contribution < 1.29 is 9.13 Å². The van der Waals surface area contributed by atoms with Crippen molar-refractivity contribution in [2.75, 3.05) is 0 Å². The van der Waals surface area contributed by atoms with Crippen molar-refractivity contribution in [1.29, 1.82) is 0 Å². The second-order valence-corrected chi connectivity index (χ2v) is 4.64. The van der Waals surface area contributed by atoms with Crippen molar-refractivity contribution in [2.24, 2.45) is 5.92 Å². The summed E-state index contributed by atoms with van der Waals surface area (Å²) in [6, 6.07) is 0. The summed E-state index contributed by atoms with van der Waals surface area (Å²) in [5.41, 5.74) is 0. The number of ether oxygens (including phenoxy) is 1. The molecule has 16 heavy (non-hydrogen) atoms. The molecule has 0 aromatic carbocycles. The smallest absolute Gasteiger partial charge is 0.255 e. The van der Waals surface area contributed by atoms with Crippen LogP contribution < -0.4 is 4.74 Å². The van der Waals surface area contributed by atoms with Crippen LogP contribution in [-0.4, -0.2) is 16.1 Å². The molecule has 1 saturated carbocycles. The first-order chi connectivity index (χ1) is 7.65. The summed E-state index contributed by atoms with van der Waals surface area (Å²) in [5, 5.41) is 0.0141. The lowest BCUT2D eigenvalue weighted by Crippen LogP contribution is -2.25. The Hall–Kier alpha value is -0.900. The zero-order valence-electron chi connectivity index (χ0n) is 9.12. The Balaban J connectivity index is 2.05. The molecule has 1 aromatic heterocycles. The first-order valence-corrected chi connectivity index (χ1v) is 5.87. The van der Waals surface area contributed by atoms with Crippen LogP contribution in [0.3, 0.4) is 0 Å². The minimum atomic E-state index is -0.553. The molecule has 3 nitrogen and oxygen atoms in total. The normalized spacial score (nSPS) is 25.4. The van der Waals surface area contributed by atoms with Crippen molar-refractivity contribution in [2.45, 2.75) is 38.7 Å². The number of nitrogens with zero attached hydrogens (tertiary/aromatic N) is 2. The minimum absolute atomic E-state index is 0.0141. The summed E-state index contributed by atoms with van der Waals surface area (Å²) in [6.45, 7) is 2.18. The molecule has 1 heterocycles. The van der Waals surface area contributed by atoms with Gasteiger partial charge in [0.05, 0.1) is 6.20 Å². The van der Waals surface area contributed by atoms with E-state index in [4.69, 9.17) is 16.3 Å². The zero-order valence-corrected chi connectivity index (χ0v) is 9.88. The third-order valence-electron chi connectivity index (χ3n) is 2.85. The Bertz CT molecular complexity index is 375. The van der Waals surface area contributed by atoms with E-state index < -0.39 is 5.82 Å². The van der Waals surface area contributed by atoms with Crippen molar-refractivity contribution in [1.82, 2.24) is 9.97 Å². The molecule has 1 aliphatic rings. The fourth-order valence-corrected chi connectivity index (χ4v) is 2.18. The van der Waals surface area contributed by atoms with Gasteiger partial charge in [-0.25, -0.2) is 4.98 Å². The van der Waals surface area contributed by atoms with Gasteiger partial charge in [-0.1, -0.05) is 13.3 Å². The van der Waals surface area contributed by atoms with Gasteiger partial charge in [0.15, 0.2) is 0 Å². The highest BCUT2D eigenvalue weighted by Gasteiger charge is 2.22. The van der Waals surface area contributed by atoms with Gasteiger partial charge in [-0.15, -0.1) is 0 Å². The Morgan fingerprint density at radius 1 is 1.50 bits per heavy atom. The Morgan fingerprint density at radius 2 is 2.31 bits per heavy atom. The molecule has 1 aromatic rings. The maximum atomic E-state index is 13.3. The van der Waals surface area contributed by atoms with Crippen molar-refractivity contribution in [3.8, 4) is 5.88 Å². The molecule has 88 valence electrons. The molecule has 0 N–H and O–H groups in total. The fraction of sp³-hybridized carbons (Fsp3) is 0.636. The van der Waals surface area contributed by atoms with Crippen LogP contribution in [0.4, 0.5) is 4.39 Å². The first kappa shape index (κ1) is 11.6. The van der Waals surface area contributed by atoms with Gasteiger partial charge < -0.3 is 4.74 Å². The molecule has 2 atom stereocenters. The van der Waals surface area contributed by atoms with Crippen LogP contribution in [0.2, 0.25) is 5.28 Å². The van der Waals surface area contributed by atoms with E-state index in [0.717, 1.165) is 25.5 Å². The number of hydrogen-bond acceptors (Lipinski definition) is 3. The highest BCUT2D eigenvalue weighted by atomic mass is 35.5. The highest BCUT2D eigenvalue weighted by Crippen LogP contribution is 2.27. The molecule has 0 radical (unpaired) electrons. The molecule has 1 fully saturated rings. The Labute approximate surface area is 99.0 Å². The second kappa shape index (κ2) is 4.95. The summed E-state index contributed by atoms with van der Waals surface area (Å²) in [7, 11) is 0. The molecule has 0 saturated heterocycles. The maximum Gasteiger partial charge on any atom is 0.255 e. The largest absolute Gasteiger partial charge is 0.472 e. The summed E-state index contributed by atoms with van der Waals surface area (Å²) in [5.74, 6) is 0.0425. The van der Waals surface area contributed by atoms with Crippen LogP contribution in [0.1, 0.15) is 32.6 Å². The van der Waals surface area contributed by atoms with Crippen LogP contribution in [0.25, 0.3) is 0 Å². The summed E-state index contributed by atoms with van der Waals surface area (Å²) >= 11 is 5.59. The van der Waals surface area contributed by atoms with E-state index in [1.54, 1.807) is 0 Å². The van der Waals surface area contributed by atoms with Crippen LogP contribution >= 0.6 is 11.6 Å². The van der Waals surface area contributed by atoms with Gasteiger partial charge in [0, 0.05) is 0 Å². The molecule has 2 rings (SSSR count). The van der Waals surface area contributed by atoms with E-state index in [1.165, 1.54) is 6.42 Å². The third-order valence-corrected chi connectivity index (χ3v) is 3.03. The summed E-state index contributed by atoms with van der Waals surface area (Å²) in [4.78, 5) is 7.30. The zero-order chi connectivity index (χ0) is 11.5. The molecular formula is C11H14ClFN2O. The minimum Gasteiger partial charge on any atom is -0.472 e. The average Bonchev–Trinajstić information content (AvgIpc) is 2.24. The summed E-state index contributed by atoms with van der Waals surface area (Å²) in [6.07, 6.45) is 5.31. The predicted octanol–water partition coefficient (Wildman–Crippen LogP) is 3.23. The van der Waals surface area contributed by atoms with Gasteiger partial charge in [0.2, 0.25) is 11.1 Å². The molecule has 0 spiro atoms. The van der Waals surface area contributed by atoms with Crippen LogP contribution in [0.5, 0.6) is 5.88 Å². The van der Waals surface area contributed by atoms with Gasteiger partial charge >= 0.3 is 0 Å². The van der Waals surface area contributed by atoms with E-state index in [-0.39, 0.29) is 17.3 Å². The van der Waals surface area contributed by atoms with Gasteiger partial charge in [-0.05, 0) is 36.8 Å². The second-order valence-electron chi connectivity index (χ2n) is 4.30. The summed E-state index contributed by atoms with van der Waals surface area (Å²) < 4.78 is 18.8. The molecular weight excluding hydrogens is 231 g/mol. The SMILES string of the molecule is CC1CCCC(Oc2nc(Cl)ncc2F)C1. The van der Waals surface area contributed by atoms with Crippen molar-refractivity contribution in [3.63, 3.8) is 0 Å². The Kier molecular flexibility index (Phi) is 3.59. The molecule has 1 aliphatic carbocycles. The number of aromatic nitrogens is 2. The van der Waals surface area contributed by atoms with E-state index in [0.29, 0.717) is 5.92 Å². The quantitative estimate of drug-likeness (QED) is 0.750. The number of hydrogen-bond donors (Lipinski definition) is 0. The first-order valence-electron chi connectivity index (χ1n) is 5.50. The average molecular weight is 245 g/mol. The predicted molar refractivity (Wildman–Crippen MR) is 59.0 cm³/mol. The van der Waals surface area contributed by atoms with Gasteiger partial charge in [-0.3, -0.25) is 0 Å². The number of rotatable bonds is 2. The molecule has 0 amide bonds. The van der Waals surface area contributed by atoms with E-state index in [1.807, 2.05) is 0 Å². The molecule has 5 heteroatoms. The molecule has 0 bridgehead atoms. The van der Waals surface area contributed by atoms with Crippen LogP contribution in [0, 0.1) is 11.7 Å². The standard InChI is InChI=1S/C11H14ClFN2O/c1-7-3-2-4-8(5-7)16-10-9(13)6-14-11(12)15-10/h6-8H,2-5H2,1H3. The fourth-order valence-electron chi connectivity index (χ4n) is 2.06. The third kappa shape index (κ3) is 2.82. The highest BCUT2D eigenvalue weighted by molar-refractivity contribution is 6.28. The van der Waals surface area contributed by atoms with E-state index in [9.17, 15) is 4.39 Å². The van der Waals surface area contributed by atoms with Crippen LogP contribution in [-0.2, 0) is 0 Å². The number of halogens is 2. The molecule has 0 aliphatic heterocycles. The van der Waals surface area contributed by atoms with Gasteiger partial charge in [0.1, 0.15) is 6.10 Å². The lowest BCUT2D eigenvalue weighted by molar-refractivity contribution is 0.118. The maximum absolute atomic E-state index is 13.3. The van der Waals surface area contributed by atoms with Gasteiger partial charge in [0.25, 0.3) is 5.88 Å². The lowest BCUT2D eigenvalue weighted by atomic mass is 9.89. The van der Waals surface area contributed by atoms with E-state index >= 15 is 0 Å². The molecule has 2 unspecified atom stereocenters. The van der Waals surface area contributed by atoms with Crippen molar-refractivity contribution in [3.05, 3.63) is 17.3 Å². The van der Waals surface area contributed by atoms with Crippen LogP contribution in [0.15, 0.2) is 6.20 Å². The monoisotopic (exact) mass is 244 g/mol. The Morgan fingerprint density at radius 3 is 3.06 bits per heavy atom. The van der Waals surface area contributed by atoms with Gasteiger partial charge in [-0.2, -0.15) is 9.37 Å². The lowest BCUT2D eigenvalue weighted by Gasteiger charge is -2.26. The van der Waals surface area contributed by atoms with E-state index in [2.05, 4.69) is 16.9 Å². The topological polar surface area (TPSA) is 35.0 Å².